The summed E-state index contributed by atoms with van der Waals surface area (Å²) in [7, 11) is 0. The molecule has 2 aliphatic rings. The number of hydrogen-bond acceptors (Lipinski definition) is 5. The minimum absolute atomic E-state index is 0.161. The maximum atomic E-state index is 5.54. The lowest BCUT2D eigenvalue weighted by molar-refractivity contribution is 0.174. The fourth-order valence-electron chi connectivity index (χ4n) is 3.41. The second kappa shape index (κ2) is 7.38. The molecule has 6 nitrogen and oxygen atoms in total. The average molecular weight is 387 g/mol. The number of aryl methyl sites for hydroxylation is 2. The van der Waals surface area contributed by atoms with Crippen molar-refractivity contribution in [3.8, 4) is 11.5 Å². The highest BCUT2D eigenvalue weighted by molar-refractivity contribution is 7.11. The van der Waals surface area contributed by atoms with E-state index in [2.05, 4.69) is 34.7 Å². The second-order valence-electron chi connectivity index (χ2n) is 7.14. The first-order chi connectivity index (χ1) is 13.1. The number of fused-ring (bicyclic) bond motifs is 1. The Morgan fingerprint density at radius 2 is 2.04 bits per heavy atom. The summed E-state index contributed by atoms with van der Waals surface area (Å²) in [6.45, 7) is 8.85. The molecule has 1 aliphatic heterocycles. The number of nitrogens with zero attached hydrogens (tertiary/aromatic N) is 2. The van der Waals surface area contributed by atoms with Crippen LogP contribution < -0.4 is 20.1 Å². The number of rotatable bonds is 6. The smallest absolute Gasteiger partial charge is 0.231 e. The van der Waals surface area contributed by atoms with Crippen molar-refractivity contribution in [1.29, 1.82) is 0 Å². The molecule has 4 rings (SSSR count). The van der Waals surface area contributed by atoms with Crippen LogP contribution in [-0.4, -0.2) is 30.8 Å². The summed E-state index contributed by atoms with van der Waals surface area (Å²) in [6, 6.07) is 6.31. The minimum atomic E-state index is 0.161. The second-order valence-corrected chi connectivity index (χ2v) is 8.43. The maximum absolute atomic E-state index is 5.54. The Bertz CT molecular complexity index is 858. The first kappa shape index (κ1) is 18.1. The first-order valence-electron chi connectivity index (χ1n) is 9.45. The third-order valence-electron chi connectivity index (χ3n) is 5.16. The molecular formula is C20H26N4O2S. The molecule has 0 saturated heterocycles. The Balaban J connectivity index is 1.43. The van der Waals surface area contributed by atoms with Crippen LogP contribution in [0, 0.1) is 13.8 Å². The lowest BCUT2D eigenvalue weighted by Gasteiger charge is -2.19. The van der Waals surface area contributed by atoms with Crippen LogP contribution in [0.3, 0.4) is 0 Å². The monoisotopic (exact) mass is 386 g/mol. The molecule has 0 amide bonds. The van der Waals surface area contributed by atoms with E-state index >= 15 is 0 Å². The molecule has 1 fully saturated rings. The molecule has 1 saturated carbocycles. The molecule has 2 heterocycles. The third kappa shape index (κ3) is 3.88. The van der Waals surface area contributed by atoms with Gasteiger partial charge in [0.1, 0.15) is 0 Å². The Morgan fingerprint density at radius 1 is 1.22 bits per heavy atom. The van der Waals surface area contributed by atoms with Crippen LogP contribution in [0.1, 0.15) is 40.9 Å². The van der Waals surface area contributed by atoms with E-state index in [0.717, 1.165) is 41.2 Å². The van der Waals surface area contributed by atoms with Crippen LogP contribution in [-0.2, 0) is 12.0 Å². The number of nitrogens with one attached hydrogen (secondary N) is 2. The lowest BCUT2D eigenvalue weighted by atomic mass is 9.95. The molecule has 144 valence electrons. The molecule has 1 aliphatic carbocycles. The number of thiazole rings is 1. The number of aliphatic imine (C=N–C) groups is 1. The summed E-state index contributed by atoms with van der Waals surface area (Å²) in [5.74, 6) is 2.55. The summed E-state index contributed by atoms with van der Waals surface area (Å²) in [5.41, 5.74) is 2.55. The van der Waals surface area contributed by atoms with Crippen molar-refractivity contribution in [2.24, 2.45) is 4.99 Å². The number of hydrogen-bond donors (Lipinski definition) is 2. The summed E-state index contributed by atoms with van der Waals surface area (Å²) < 4.78 is 11.0. The fourth-order valence-corrected chi connectivity index (χ4v) is 4.27. The number of ether oxygens (including phenoxy) is 2. The van der Waals surface area contributed by atoms with E-state index in [9.17, 15) is 0 Å². The average Bonchev–Trinajstić information content (AvgIpc) is 3.17. The highest BCUT2D eigenvalue weighted by Crippen LogP contribution is 2.49. The van der Waals surface area contributed by atoms with E-state index in [0.29, 0.717) is 13.3 Å². The normalized spacial score (nSPS) is 17.1. The van der Waals surface area contributed by atoms with Gasteiger partial charge < -0.3 is 20.1 Å². The Hall–Kier alpha value is -2.28. The van der Waals surface area contributed by atoms with Gasteiger partial charge in [0.25, 0.3) is 0 Å². The van der Waals surface area contributed by atoms with Crippen molar-refractivity contribution in [1.82, 2.24) is 15.6 Å². The molecule has 0 bridgehead atoms. The van der Waals surface area contributed by atoms with E-state index in [1.807, 2.05) is 19.9 Å². The van der Waals surface area contributed by atoms with Gasteiger partial charge in [0.2, 0.25) is 6.79 Å². The van der Waals surface area contributed by atoms with Crippen molar-refractivity contribution in [3.05, 3.63) is 39.3 Å². The molecular weight excluding hydrogens is 360 g/mol. The first-order valence-corrected chi connectivity index (χ1v) is 10.3. The molecule has 2 N–H and O–H groups in total. The zero-order valence-corrected chi connectivity index (χ0v) is 16.9. The topological polar surface area (TPSA) is 67.8 Å². The van der Waals surface area contributed by atoms with Crippen LogP contribution in [0.4, 0.5) is 0 Å². The van der Waals surface area contributed by atoms with Crippen molar-refractivity contribution < 1.29 is 9.47 Å². The number of guanidine groups is 1. The molecule has 1 aromatic carbocycles. The van der Waals surface area contributed by atoms with E-state index in [1.165, 1.54) is 23.3 Å². The Labute approximate surface area is 164 Å². The van der Waals surface area contributed by atoms with Crippen LogP contribution in [0.25, 0.3) is 0 Å². The number of benzene rings is 1. The van der Waals surface area contributed by atoms with Gasteiger partial charge in [-0.25, -0.2) is 9.98 Å². The molecule has 0 atom stereocenters. The highest BCUT2D eigenvalue weighted by Gasteiger charge is 2.44. The summed E-state index contributed by atoms with van der Waals surface area (Å²) >= 11 is 1.72. The summed E-state index contributed by atoms with van der Waals surface area (Å²) in [6.07, 6.45) is 2.35. The molecule has 0 spiro atoms. The SMILES string of the molecule is CCNC(=NCc1sc(C)nc1C)NCC1(c2ccc3c(c2)OCO3)CC1. The van der Waals surface area contributed by atoms with Crippen molar-refractivity contribution in [3.63, 3.8) is 0 Å². The van der Waals surface area contributed by atoms with Gasteiger partial charge in [-0.2, -0.15) is 0 Å². The molecule has 2 aromatic rings. The standard InChI is InChI=1S/C20H26N4O2S/c1-4-21-19(22-10-18-13(2)24-14(3)27-18)23-11-20(7-8-20)15-5-6-16-17(9-15)26-12-25-16/h5-6,9H,4,7-8,10-12H2,1-3H3,(H2,21,22,23). The van der Waals surface area contributed by atoms with Crippen LogP contribution in [0.5, 0.6) is 11.5 Å². The Morgan fingerprint density at radius 3 is 2.74 bits per heavy atom. The molecule has 7 heteroatoms. The zero-order valence-electron chi connectivity index (χ0n) is 16.1. The molecule has 0 unspecified atom stereocenters. The van der Waals surface area contributed by atoms with Gasteiger partial charge in [0.15, 0.2) is 17.5 Å². The molecule has 27 heavy (non-hydrogen) atoms. The predicted molar refractivity (Wildman–Crippen MR) is 108 cm³/mol. The van der Waals surface area contributed by atoms with Crippen molar-refractivity contribution in [2.45, 2.75) is 45.6 Å². The molecule has 1 aromatic heterocycles. The maximum Gasteiger partial charge on any atom is 0.231 e. The fraction of sp³-hybridized carbons (Fsp3) is 0.500. The van der Waals surface area contributed by atoms with Gasteiger partial charge in [-0.15, -0.1) is 11.3 Å². The quantitative estimate of drug-likeness (QED) is 0.589. The zero-order chi connectivity index (χ0) is 18.9. The largest absolute Gasteiger partial charge is 0.454 e. The van der Waals surface area contributed by atoms with E-state index in [1.54, 1.807) is 11.3 Å². The van der Waals surface area contributed by atoms with Crippen LogP contribution >= 0.6 is 11.3 Å². The van der Waals surface area contributed by atoms with Crippen molar-refractivity contribution in [2.75, 3.05) is 19.9 Å². The predicted octanol–water partition coefficient (Wildman–Crippen LogP) is 3.28. The Kier molecular flexibility index (Phi) is 4.95. The molecule has 0 radical (unpaired) electrons. The van der Waals surface area contributed by atoms with E-state index in [-0.39, 0.29) is 5.41 Å². The lowest BCUT2D eigenvalue weighted by Crippen LogP contribution is -2.41. The van der Waals surface area contributed by atoms with Gasteiger partial charge in [-0.1, -0.05) is 6.07 Å². The van der Waals surface area contributed by atoms with Crippen molar-refractivity contribution >= 4 is 17.3 Å². The highest BCUT2D eigenvalue weighted by atomic mass is 32.1. The van der Waals surface area contributed by atoms with Gasteiger partial charge in [-0.05, 0) is 51.3 Å². The van der Waals surface area contributed by atoms with Crippen LogP contribution in [0.15, 0.2) is 23.2 Å². The van der Waals surface area contributed by atoms with Gasteiger partial charge >= 0.3 is 0 Å². The van der Waals surface area contributed by atoms with Gasteiger partial charge in [0.05, 0.1) is 17.2 Å². The van der Waals surface area contributed by atoms with E-state index < -0.39 is 0 Å². The van der Waals surface area contributed by atoms with Gasteiger partial charge in [-0.3, -0.25) is 0 Å². The number of aromatic nitrogens is 1. The van der Waals surface area contributed by atoms with Crippen LogP contribution in [0.2, 0.25) is 0 Å². The summed E-state index contributed by atoms with van der Waals surface area (Å²) in [5, 5.41) is 7.98. The minimum Gasteiger partial charge on any atom is -0.454 e. The third-order valence-corrected chi connectivity index (χ3v) is 6.21. The summed E-state index contributed by atoms with van der Waals surface area (Å²) in [4.78, 5) is 10.5. The van der Waals surface area contributed by atoms with E-state index in [4.69, 9.17) is 14.5 Å². The van der Waals surface area contributed by atoms with Gasteiger partial charge in [0, 0.05) is 23.4 Å².